The maximum absolute atomic E-state index is 14.0. The number of rotatable bonds is 4. The van der Waals surface area contributed by atoms with E-state index in [0.29, 0.717) is 10.0 Å². The Morgan fingerprint density at radius 3 is 2.71 bits per heavy atom. The van der Waals surface area contributed by atoms with E-state index in [4.69, 9.17) is 10.5 Å². The van der Waals surface area contributed by atoms with Crippen molar-refractivity contribution in [1.82, 2.24) is 0 Å². The van der Waals surface area contributed by atoms with Gasteiger partial charge < -0.3 is 10.5 Å². The molecule has 0 aromatic heterocycles. The Labute approximate surface area is 128 Å². The zero-order chi connectivity index (χ0) is 15.6. The van der Waals surface area contributed by atoms with Crippen molar-refractivity contribution in [3.8, 4) is 11.5 Å². The number of nitrogens with two attached hydrogens (primary N) is 1. The SMILES string of the molecule is CC(N)c1cccc(F)c1Oc1cc([N+](=O)[O-])ccc1Br. The predicted octanol–water partition coefficient (Wildman–Crippen LogP) is 4.31. The summed E-state index contributed by atoms with van der Waals surface area (Å²) in [5.41, 5.74) is 6.12. The summed E-state index contributed by atoms with van der Waals surface area (Å²) in [6.07, 6.45) is 0. The second-order valence-electron chi connectivity index (χ2n) is 4.42. The van der Waals surface area contributed by atoms with Crippen molar-refractivity contribution in [3.63, 3.8) is 0 Å². The number of nitro groups is 1. The number of benzene rings is 2. The molecule has 0 fully saturated rings. The van der Waals surface area contributed by atoms with E-state index in [1.807, 2.05) is 0 Å². The van der Waals surface area contributed by atoms with Crippen LogP contribution in [0.25, 0.3) is 0 Å². The molecule has 110 valence electrons. The van der Waals surface area contributed by atoms with Gasteiger partial charge in [0, 0.05) is 17.7 Å². The minimum absolute atomic E-state index is 0.0336. The highest BCUT2D eigenvalue weighted by Crippen LogP contribution is 2.36. The third kappa shape index (κ3) is 3.37. The first-order chi connectivity index (χ1) is 9.90. The number of non-ortho nitro benzene ring substituents is 1. The van der Waals surface area contributed by atoms with E-state index in [0.717, 1.165) is 0 Å². The number of nitrogens with zero attached hydrogens (tertiary/aromatic N) is 1. The molecule has 0 saturated heterocycles. The third-order valence-corrected chi connectivity index (χ3v) is 3.48. The fraction of sp³-hybridized carbons (Fsp3) is 0.143. The quantitative estimate of drug-likeness (QED) is 0.655. The van der Waals surface area contributed by atoms with Crippen LogP contribution in [0.1, 0.15) is 18.5 Å². The van der Waals surface area contributed by atoms with Gasteiger partial charge in [-0.2, -0.15) is 0 Å². The van der Waals surface area contributed by atoms with Crippen molar-refractivity contribution in [2.75, 3.05) is 0 Å². The van der Waals surface area contributed by atoms with E-state index in [1.54, 1.807) is 13.0 Å². The molecule has 2 aromatic rings. The lowest BCUT2D eigenvalue weighted by Gasteiger charge is -2.15. The van der Waals surface area contributed by atoms with Crippen LogP contribution in [0.4, 0.5) is 10.1 Å². The van der Waals surface area contributed by atoms with Gasteiger partial charge in [0.2, 0.25) is 0 Å². The Morgan fingerprint density at radius 1 is 1.38 bits per heavy atom. The van der Waals surface area contributed by atoms with Gasteiger partial charge in [-0.3, -0.25) is 10.1 Å². The van der Waals surface area contributed by atoms with E-state index in [1.165, 1.54) is 30.3 Å². The van der Waals surface area contributed by atoms with Crippen LogP contribution < -0.4 is 10.5 Å². The molecule has 2 aromatic carbocycles. The number of hydrogen-bond donors (Lipinski definition) is 1. The van der Waals surface area contributed by atoms with Crippen molar-refractivity contribution >= 4 is 21.6 Å². The van der Waals surface area contributed by atoms with Gasteiger partial charge in [-0.1, -0.05) is 12.1 Å². The van der Waals surface area contributed by atoms with E-state index >= 15 is 0 Å². The fourth-order valence-electron chi connectivity index (χ4n) is 1.79. The van der Waals surface area contributed by atoms with E-state index < -0.39 is 16.8 Å². The largest absolute Gasteiger partial charge is 0.452 e. The molecule has 0 spiro atoms. The maximum atomic E-state index is 14.0. The lowest BCUT2D eigenvalue weighted by atomic mass is 10.1. The normalized spacial score (nSPS) is 12.0. The molecular formula is C14H12BrFN2O3. The van der Waals surface area contributed by atoms with Crippen LogP contribution in [-0.2, 0) is 0 Å². The molecule has 0 radical (unpaired) electrons. The average Bonchev–Trinajstić information content (AvgIpc) is 2.42. The predicted molar refractivity (Wildman–Crippen MR) is 79.9 cm³/mol. The van der Waals surface area contributed by atoms with Crippen LogP contribution >= 0.6 is 15.9 Å². The minimum atomic E-state index is -0.580. The van der Waals surface area contributed by atoms with Crippen molar-refractivity contribution in [2.24, 2.45) is 5.73 Å². The van der Waals surface area contributed by atoms with Gasteiger partial charge in [0.05, 0.1) is 15.5 Å². The molecule has 0 bridgehead atoms. The summed E-state index contributed by atoms with van der Waals surface area (Å²) in [4.78, 5) is 10.3. The standard InChI is InChI=1S/C14H12BrFN2O3/c1-8(17)10-3-2-4-12(16)14(10)21-13-7-9(18(19)20)5-6-11(13)15/h2-8H,17H2,1H3. The molecule has 0 amide bonds. The zero-order valence-corrected chi connectivity index (χ0v) is 12.6. The molecule has 0 aliphatic heterocycles. The van der Waals surface area contributed by atoms with Crippen LogP contribution in [0.3, 0.4) is 0 Å². The van der Waals surface area contributed by atoms with Crippen molar-refractivity contribution in [3.05, 3.63) is 62.4 Å². The highest BCUT2D eigenvalue weighted by Gasteiger charge is 2.17. The van der Waals surface area contributed by atoms with E-state index in [9.17, 15) is 14.5 Å². The van der Waals surface area contributed by atoms with Gasteiger partial charge in [0.1, 0.15) is 5.75 Å². The molecule has 0 aliphatic carbocycles. The first-order valence-electron chi connectivity index (χ1n) is 6.06. The Morgan fingerprint density at radius 2 is 2.10 bits per heavy atom. The van der Waals surface area contributed by atoms with Gasteiger partial charge in [-0.15, -0.1) is 0 Å². The first-order valence-corrected chi connectivity index (χ1v) is 6.85. The lowest BCUT2D eigenvalue weighted by Crippen LogP contribution is -2.07. The third-order valence-electron chi connectivity index (χ3n) is 2.83. The van der Waals surface area contributed by atoms with Crippen molar-refractivity contribution in [2.45, 2.75) is 13.0 Å². The Balaban J connectivity index is 2.47. The molecule has 2 N–H and O–H groups in total. The maximum Gasteiger partial charge on any atom is 0.273 e. The van der Waals surface area contributed by atoms with Gasteiger partial charge >= 0.3 is 0 Å². The van der Waals surface area contributed by atoms with Crippen LogP contribution in [0, 0.1) is 15.9 Å². The average molecular weight is 355 g/mol. The Bertz CT molecular complexity index is 692. The number of nitro benzene ring substituents is 1. The molecule has 7 heteroatoms. The molecule has 5 nitrogen and oxygen atoms in total. The smallest absolute Gasteiger partial charge is 0.273 e. The summed E-state index contributed by atoms with van der Waals surface area (Å²) in [5.74, 6) is -0.465. The number of halogens is 2. The number of hydrogen-bond acceptors (Lipinski definition) is 4. The fourth-order valence-corrected chi connectivity index (χ4v) is 2.11. The topological polar surface area (TPSA) is 78.4 Å². The van der Waals surface area contributed by atoms with E-state index in [-0.39, 0.29) is 17.2 Å². The Kier molecular flexibility index (Phi) is 4.54. The van der Waals surface area contributed by atoms with Crippen LogP contribution in [0.2, 0.25) is 0 Å². The summed E-state index contributed by atoms with van der Waals surface area (Å²) in [6, 6.07) is 8.00. The molecule has 21 heavy (non-hydrogen) atoms. The zero-order valence-electron chi connectivity index (χ0n) is 11.0. The van der Waals surface area contributed by atoms with E-state index in [2.05, 4.69) is 15.9 Å². The van der Waals surface area contributed by atoms with Gasteiger partial charge in [-0.05, 0) is 35.0 Å². The lowest BCUT2D eigenvalue weighted by molar-refractivity contribution is -0.384. The second-order valence-corrected chi connectivity index (χ2v) is 5.28. The van der Waals surface area contributed by atoms with Crippen LogP contribution in [-0.4, -0.2) is 4.92 Å². The van der Waals surface area contributed by atoms with Crippen LogP contribution in [0.5, 0.6) is 11.5 Å². The molecule has 0 heterocycles. The second kappa shape index (κ2) is 6.19. The molecule has 0 aliphatic rings. The summed E-state index contributed by atoms with van der Waals surface area (Å²) in [6.45, 7) is 1.70. The highest BCUT2D eigenvalue weighted by atomic mass is 79.9. The summed E-state index contributed by atoms with van der Waals surface area (Å²) in [5, 5.41) is 10.8. The Hall–Kier alpha value is -1.99. The molecule has 1 atom stereocenters. The van der Waals surface area contributed by atoms with Gasteiger partial charge in [0.15, 0.2) is 11.6 Å². The molecule has 0 saturated carbocycles. The number of para-hydroxylation sites is 1. The monoisotopic (exact) mass is 354 g/mol. The van der Waals surface area contributed by atoms with Crippen molar-refractivity contribution in [1.29, 1.82) is 0 Å². The highest BCUT2D eigenvalue weighted by molar-refractivity contribution is 9.10. The summed E-state index contributed by atoms with van der Waals surface area (Å²) < 4.78 is 20.0. The van der Waals surface area contributed by atoms with Gasteiger partial charge in [-0.25, -0.2) is 4.39 Å². The summed E-state index contributed by atoms with van der Waals surface area (Å²) in [7, 11) is 0. The van der Waals surface area contributed by atoms with Crippen LogP contribution in [0.15, 0.2) is 40.9 Å². The van der Waals surface area contributed by atoms with Crippen molar-refractivity contribution < 1.29 is 14.1 Å². The molecule has 1 unspecified atom stereocenters. The first kappa shape index (κ1) is 15.4. The molecule has 2 rings (SSSR count). The minimum Gasteiger partial charge on any atom is -0.452 e. The molecular weight excluding hydrogens is 343 g/mol. The summed E-state index contributed by atoms with van der Waals surface area (Å²) >= 11 is 3.22. The number of ether oxygens (including phenoxy) is 1. The van der Waals surface area contributed by atoms with Gasteiger partial charge in [0.25, 0.3) is 5.69 Å².